The summed E-state index contributed by atoms with van der Waals surface area (Å²) in [5, 5.41) is 22.0. The Morgan fingerprint density at radius 3 is 2.54 bits per heavy atom. The van der Waals surface area contributed by atoms with Crippen LogP contribution >= 0.6 is 0 Å². The van der Waals surface area contributed by atoms with Gasteiger partial charge in [-0.1, -0.05) is 32.9 Å². The van der Waals surface area contributed by atoms with Gasteiger partial charge in [0.15, 0.2) is 0 Å². The molecule has 3 rings (SSSR count). The number of aliphatic hydroxyl groups is 2. The third-order valence-corrected chi connectivity index (χ3v) is 7.53. The Bertz CT molecular complexity index is 647. The van der Waals surface area contributed by atoms with Crippen LogP contribution < -0.4 is 0 Å². The van der Waals surface area contributed by atoms with Crippen molar-refractivity contribution < 1.29 is 19.7 Å². The van der Waals surface area contributed by atoms with Gasteiger partial charge in [-0.2, -0.15) is 0 Å². The van der Waals surface area contributed by atoms with Gasteiger partial charge in [-0.05, 0) is 72.8 Å². The molecule has 2 saturated carbocycles. The van der Waals surface area contributed by atoms with Crippen LogP contribution in [-0.4, -0.2) is 34.5 Å². The summed E-state index contributed by atoms with van der Waals surface area (Å²) in [6.45, 7) is 14.3. The molecule has 3 aliphatic carbocycles. The van der Waals surface area contributed by atoms with Crippen molar-refractivity contribution in [2.24, 2.45) is 22.7 Å². The molecule has 146 valence electrons. The lowest BCUT2D eigenvalue weighted by Gasteiger charge is -2.55. The maximum absolute atomic E-state index is 11.5. The number of fused-ring (bicyclic) bond motifs is 3. The number of ether oxygens (including phenoxy) is 1. The monoisotopic (exact) mass is 362 g/mol. The van der Waals surface area contributed by atoms with Gasteiger partial charge in [-0.3, -0.25) is 4.79 Å². The van der Waals surface area contributed by atoms with Crippen molar-refractivity contribution in [2.45, 2.75) is 85.0 Å². The first-order valence-corrected chi connectivity index (χ1v) is 9.89. The van der Waals surface area contributed by atoms with Gasteiger partial charge < -0.3 is 14.9 Å². The fourth-order valence-electron chi connectivity index (χ4n) is 6.27. The zero-order valence-electron chi connectivity index (χ0n) is 16.8. The summed E-state index contributed by atoms with van der Waals surface area (Å²) >= 11 is 0. The molecule has 2 N–H and O–H groups in total. The number of rotatable bonds is 1. The second-order valence-electron chi connectivity index (χ2n) is 9.67. The first-order valence-electron chi connectivity index (χ1n) is 9.89. The number of aliphatic hydroxyl groups excluding tert-OH is 2. The van der Waals surface area contributed by atoms with Crippen LogP contribution in [0, 0.1) is 22.7 Å². The minimum Gasteiger partial charge on any atom is -0.458 e. The Balaban J connectivity index is 2.02. The van der Waals surface area contributed by atoms with E-state index in [2.05, 4.69) is 34.3 Å². The van der Waals surface area contributed by atoms with Gasteiger partial charge in [0.1, 0.15) is 6.10 Å². The number of hydrogen-bond acceptors (Lipinski definition) is 4. The molecular formula is C22H34O4. The molecule has 0 amide bonds. The number of hydrogen-bond donors (Lipinski definition) is 2. The highest BCUT2D eigenvalue weighted by Gasteiger charge is 2.53. The predicted octanol–water partition coefficient (Wildman–Crippen LogP) is 3.77. The fourth-order valence-corrected chi connectivity index (χ4v) is 6.27. The van der Waals surface area contributed by atoms with Crippen LogP contribution in [0.1, 0.15) is 66.7 Å². The Morgan fingerprint density at radius 2 is 1.92 bits per heavy atom. The average Bonchev–Trinajstić information content (AvgIpc) is 2.47. The van der Waals surface area contributed by atoms with Crippen molar-refractivity contribution in [3.63, 3.8) is 0 Å². The second-order valence-corrected chi connectivity index (χ2v) is 9.67. The molecule has 3 aliphatic rings. The molecule has 2 bridgehead atoms. The quantitative estimate of drug-likeness (QED) is 0.550. The van der Waals surface area contributed by atoms with Gasteiger partial charge in [0.2, 0.25) is 0 Å². The average molecular weight is 363 g/mol. The molecule has 0 heterocycles. The van der Waals surface area contributed by atoms with Crippen LogP contribution in [0.2, 0.25) is 0 Å². The molecule has 0 aromatic carbocycles. The zero-order chi connectivity index (χ0) is 19.4. The van der Waals surface area contributed by atoms with E-state index in [1.165, 1.54) is 6.92 Å². The first kappa shape index (κ1) is 19.6. The van der Waals surface area contributed by atoms with Crippen molar-refractivity contribution in [1.29, 1.82) is 0 Å². The summed E-state index contributed by atoms with van der Waals surface area (Å²) in [6, 6.07) is 0. The molecular weight excluding hydrogens is 328 g/mol. The Labute approximate surface area is 157 Å². The fraction of sp³-hybridized carbons (Fsp3) is 0.773. The summed E-state index contributed by atoms with van der Waals surface area (Å²) in [5.41, 5.74) is 2.88. The van der Waals surface area contributed by atoms with Crippen LogP contribution in [-0.2, 0) is 9.53 Å². The van der Waals surface area contributed by atoms with E-state index in [1.807, 2.05) is 0 Å². The Morgan fingerprint density at radius 1 is 1.27 bits per heavy atom. The van der Waals surface area contributed by atoms with Crippen molar-refractivity contribution in [2.75, 3.05) is 0 Å². The lowest BCUT2D eigenvalue weighted by Crippen LogP contribution is -2.51. The maximum atomic E-state index is 11.5. The zero-order valence-corrected chi connectivity index (χ0v) is 16.8. The molecule has 2 fully saturated rings. The number of carbonyl (C=O) groups is 1. The Hall–Kier alpha value is -1.13. The molecule has 0 saturated heterocycles. The van der Waals surface area contributed by atoms with Crippen molar-refractivity contribution in [3.05, 3.63) is 23.3 Å². The minimum absolute atomic E-state index is 0.0632. The lowest BCUT2D eigenvalue weighted by atomic mass is 9.51. The van der Waals surface area contributed by atoms with Gasteiger partial charge in [0.05, 0.1) is 12.2 Å². The van der Waals surface area contributed by atoms with Crippen molar-refractivity contribution in [1.82, 2.24) is 0 Å². The molecule has 4 heteroatoms. The van der Waals surface area contributed by atoms with Crippen LogP contribution in [0.15, 0.2) is 23.3 Å². The standard InChI is InChI=1S/C22H34O4/c1-12-9-17(24)16-10-15-13(2)19(26-14(3)23)7-8-22(15,6)11-18(25)20(12)21(16,4)5/h15-19,24-25H,2,7-11H2,1,3-6H3. The van der Waals surface area contributed by atoms with E-state index in [4.69, 9.17) is 4.74 Å². The van der Waals surface area contributed by atoms with Crippen molar-refractivity contribution >= 4 is 5.97 Å². The van der Waals surface area contributed by atoms with Crippen LogP contribution in [0.4, 0.5) is 0 Å². The molecule has 0 aromatic rings. The van der Waals surface area contributed by atoms with Gasteiger partial charge in [0, 0.05) is 6.92 Å². The summed E-state index contributed by atoms with van der Waals surface area (Å²) in [4.78, 5) is 11.5. The van der Waals surface area contributed by atoms with E-state index in [1.54, 1.807) is 0 Å². The second kappa shape index (κ2) is 6.49. The smallest absolute Gasteiger partial charge is 0.303 e. The van der Waals surface area contributed by atoms with Gasteiger partial charge in [0.25, 0.3) is 0 Å². The summed E-state index contributed by atoms with van der Waals surface area (Å²) < 4.78 is 5.52. The summed E-state index contributed by atoms with van der Waals surface area (Å²) in [6.07, 6.45) is 2.64. The highest BCUT2D eigenvalue weighted by Crippen LogP contribution is 2.58. The van der Waals surface area contributed by atoms with Crippen LogP contribution in [0.25, 0.3) is 0 Å². The largest absolute Gasteiger partial charge is 0.458 e. The normalized spacial score (nSPS) is 42.6. The molecule has 4 nitrogen and oxygen atoms in total. The minimum atomic E-state index is -0.495. The van der Waals surface area contributed by atoms with Crippen LogP contribution in [0.3, 0.4) is 0 Å². The number of esters is 1. The van der Waals surface area contributed by atoms with E-state index < -0.39 is 12.2 Å². The van der Waals surface area contributed by atoms with E-state index >= 15 is 0 Å². The third kappa shape index (κ3) is 3.05. The van der Waals surface area contributed by atoms with E-state index in [-0.39, 0.29) is 34.7 Å². The SMILES string of the molecule is C=C1C(OC(C)=O)CCC2(C)CC(O)C3=C(C)CC(O)C(CC12)C3(C)C. The molecule has 26 heavy (non-hydrogen) atoms. The molecule has 0 aromatic heterocycles. The summed E-state index contributed by atoms with van der Waals surface area (Å²) in [7, 11) is 0. The van der Waals surface area contributed by atoms with E-state index in [9.17, 15) is 15.0 Å². The Kier molecular flexibility index (Phi) is 4.90. The highest BCUT2D eigenvalue weighted by atomic mass is 16.5. The van der Waals surface area contributed by atoms with Gasteiger partial charge >= 0.3 is 5.97 Å². The predicted molar refractivity (Wildman–Crippen MR) is 101 cm³/mol. The topological polar surface area (TPSA) is 66.8 Å². The van der Waals surface area contributed by atoms with E-state index in [0.717, 1.165) is 36.0 Å². The molecule has 0 aliphatic heterocycles. The van der Waals surface area contributed by atoms with Crippen LogP contribution in [0.5, 0.6) is 0 Å². The van der Waals surface area contributed by atoms with Crippen molar-refractivity contribution in [3.8, 4) is 0 Å². The van der Waals surface area contributed by atoms with E-state index in [0.29, 0.717) is 12.8 Å². The molecule has 6 atom stereocenters. The third-order valence-electron chi connectivity index (χ3n) is 7.53. The molecule has 6 unspecified atom stereocenters. The number of carbonyl (C=O) groups excluding carboxylic acids is 1. The van der Waals surface area contributed by atoms with Gasteiger partial charge in [-0.25, -0.2) is 0 Å². The summed E-state index contributed by atoms with van der Waals surface area (Å²) in [5.74, 6) is -0.0769. The van der Waals surface area contributed by atoms with Gasteiger partial charge in [-0.15, -0.1) is 0 Å². The highest BCUT2D eigenvalue weighted by molar-refractivity contribution is 5.66. The molecule has 0 radical (unpaired) electrons. The molecule has 0 spiro atoms. The first-order chi connectivity index (χ1) is 12.0. The maximum Gasteiger partial charge on any atom is 0.303 e. The lowest BCUT2D eigenvalue weighted by molar-refractivity contribution is -0.147.